The van der Waals surface area contributed by atoms with Crippen LogP contribution in [0.25, 0.3) is 0 Å². The maximum atomic E-state index is 10.3. The van der Waals surface area contributed by atoms with Crippen LogP contribution in [-0.4, -0.2) is 11.2 Å². The molecule has 4 fully saturated rings. The van der Waals surface area contributed by atoms with Gasteiger partial charge in [0.05, 0.1) is 6.10 Å². The Labute approximate surface area is 175 Å². The molecule has 4 rings (SSSR count). The Morgan fingerprint density at radius 2 is 1.54 bits per heavy atom. The van der Waals surface area contributed by atoms with Crippen molar-refractivity contribution in [3.05, 3.63) is 0 Å². The molecular formula is C27H48O. The zero-order valence-corrected chi connectivity index (χ0v) is 19.6. The van der Waals surface area contributed by atoms with E-state index in [-0.39, 0.29) is 6.10 Å². The number of aliphatic hydroxyl groups excluding tert-OH is 1. The second kappa shape index (κ2) is 7.90. The van der Waals surface area contributed by atoms with Crippen molar-refractivity contribution < 1.29 is 5.11 Å². The van der Waals surface area contributed by atoms with Crippen LogP contribution < -0.4 is 0 Å². The van der Waals surface area contributed by atoms with E-state index < -0.39 is 0 Å². The van der Waals surface area contributed by atoms with E-state index in [1.54, 1.807) is 0 Å². The highest BCUT2D eigenvalue weighted by molar-refractivity contribution is 5.09. The fraction of sp³-hybridized carbons (Fsp3) is 1.00. The molecule has 4 aliphatic carbocycles. The van der Waals surface area contributed by atoms with Crippen LogP contribution in [0.1, 0.15) is 112 Å². The standard InChI is InChI=1S/C27H48O/c1-18(2)7-6-8-19(3)23-11-12-24-22-10-9-20-17-21(28)13-15-26(20,4)25(22)14-16-27(23,24)5/h18-25,28H,6-17H2,1-5H3/t19?,20-,21?,22-,23+,24-,25-,26-,27+/m0/s1. The summed E-state index contributed by atoms with van der Waals surface area (Å²) in [5.74, 6) is 6.49. The van der Waals surface area contributed by atoms with E-state index in [9.17, 15) is 5.11 Å². The van der Waals surface area contributed by atoms with Crippen molar-refractivity contribution >= 4 is 0 Å². The van der Waals surface area contributed by atoms with E-state index in [0.717, 1.165) is 54.3 Å². The Bertz CT molecular complexity index is 540. The first-order valence-electron chi connectivity index (χ1n) is 12.9. The largest absolute Gasteiger partial charge is 0.393 e. The third-order valence-corrected chi connectivity index (χ3v) is 10.8. The van der Waals surface area contributed by atoms with Gasteiger partial charge in [-0.15, -0.1) is 0 Å². The lowest BCUT2D eigenvalue weighted by Gasteiger charge is -2.61. The fourth-order valence-electron chi connectivity index (χ4n) is 9.26. The van der Waals surface area contributed by atoms with Crippen molar-refractivity contribution in [2.75, 3.05) is 0 Å². The Balaban J connectivity index is 1.46. The van der Waals surface area contributed by atoms with Crippen LogP contribution in [0.15, 0.2) is 0 Å². The molecule has 1 heteroatoms. The summed E-state index contributed by atoms with van der Waals surface area (Å²) in [7, 11) is 0. The molecule has 9 atom stereocenters. The maximum Gasteiger partial charge on any atom is 0.0543 e. The van der Waals surface area contributed by atoms with Crippen LogP contribution in [0.2, 0.25) is 0 Å². The van der Waals surface area contributed by atoms with Crippen molar-refractivity contribution in [3.8, 4) is 0 Å². The monoisotopic (exact) mass is 388 g/mol. The molecule has 162 valence electrons. The predicted octanol–water partition coefficient (Wildman–Crippen LogP) is 7.47. The van der Waals surface area contributed by atoms with E-state index >= 15 is 0 Å². The number of fused-ring (bicyclic) bond motifs is 5. The highest BCUT2D eigenvalue weighted by atomic mass is 16.3. The van der Waals surface area contributed by atoms with Crippen LogP contribution >= 0.6 is 0 Å². The van der Waals surface area contributed by atoms with Gasteiger partial charge in [-0.25, -0.2) is 0 Å². The summed E-state index contributed by atoms with van der Waals surface area (Å²) in [6.45, 7) is 12.7. The van der Waals surface area contributed by atoms with Crippen LogP contribution in [0, 0.1) is 52.3 Å². The highest BCUT2D eigenvalue weighted by Gasteiger charge is 2.60. The molecule has 0 bridgehead atoms. The molecule has 0 amide bonds. The van der Waals surface area contributed by atoms with E-state index in [1.807, 2.05) is 0 Å². The smallest absolute Gasteiger partial charge is 0.0543 e. The zero-order valence-electron chi connectivity index (χ0n) is 19.6. The predicted molar refractivity (Wildman–Crippen MR) is 119 cm³/mol. The highest BCUT2D eigenvalue weighted by Crippen LogP contribution is 2.68. The maximum absolute atomic E-state index is 10.3. The molecule has 1 nitrogen and oxygen atoms in total. The van der Waals surface area contributed by atoms with Gasteiger partial charge < -0.3 is 5.11 Å². The van der Waals surface area contributed by atoms with Gasteiger partial charge in [0.15, 0.2) is 0 Å². The average molecular weight is 389 g/mol. The Morgan fingerprint density at radius 3 is 2.29 bits per heavy atom. The third-order valence-electron chi connectivity index (χ3n) is 10.8. The molecule has 2 unspecified atom stereocenters. The number of rotatable bonds is 5. The molecule has 4 saturated carbocycles. The average Bonchev–Trinajstić information content (AvgIpc) is 2.99. The zero-order chi connectivity index (χ0) is 20.1. The third kappa shape index (κ3) is 3.50. The van der Waals surface area contributed by atoms with Crippen molar-refractivity contribution in [1.29, 1.82) is 0 Å². The normalized spacial score (nSPS) is 49.4. The van der Waals surface area contributed by atoms with Crippen LogP contribution in [0.4, 0.5) is 0 Å². The molecule has 0 spiro atoms. The number of hydrogen-bond acceptors (Lipinski definition) is 1. The summed E-state index contributed by atoms with van der Waals surface area (Å²) in [6, 6.07) is 0. The minimum atomic E-state index is -0.00830. The Hall–Kier alpha value is -0.0400. The number of aliphatic hydroxyl groups is 1. The van der Waals surface area contributed by atoms with E-state index in [2.05, 4.69) is 34.6 Å². The van der Waals surface area contributed by atoms with Gasteiger partial charge >= 0.3 is 0 Å². The molecule has 0 saturated heterocycles. The molecule has 0 radical (unpaired) electrons. The quantitative estimate of drug-likeness (QED) is 0.518. The molecule has 4 aliphatic rings. The van der Waals surface area contributed by atoms with Gasteiger partial charge in [0, 0.05) is 0 Å². The molecule has 0 aliphatic heterocycles. The number of hydrogen-bond donors (Lipinski definition) is 1. The summed E-state index contributed by atoms with van der Waals surface area (Å²) >= 11 is 0. The van der Waals surface area contributed by atoms with Gasteiger partial charge in [-0.3, -0.25) is 0 Å². The van der Waals surface area contributed by atoms with Gasteiger partial charge in [-0.1, -0.05) is 53.9 Å². The molecule has 28 heavy (non-hydrogen) atoms. The summed E-state index contributed by atoms with van der Waals surface area (Å²) in [5.41, 5.74) is 1.15. The summed E-state index contributed by atoms with van der Waals surface area (Å²) in [5, 5.41) is 10.3. The first kappa shape index (κ1) is 21.2. The first-order chi connectivity index (χ1) is 13.3. The lowest BCUT2D eigenvalue weighted by Crippen LogP contribution is -2.54. The lowest BCUT2D eigenvalue weighted by molar-refractivity contribution is -0.129. The topological polar surface area (TPSA) is 20.2 Å². The van der Waals surface area contributed by atoms with Gasteiger partial charge in [0.2, 0.25) is 0 Å². The van der Waals surface area contributed by atoms with Crippen molar-refractivity contribution in [1.82, 2.24) is 0 Å². The van der Waals surface area contributed by atoms with Gasteiger partial charge in [-0.2, -0.15) is 0 Å². The lowest BCUT2D eigenvalue weighted by atomic mass is 9.44. The second-order valence-electron chi connectivity index (χ2n) is 12.6. The van der Waals surface area contributed by atoms with Crippen LogP contribution in [0.3, 0.4) is 0 Å². The van der Waals surface area contributed by atoms with Crippen LogP contribution in [-0.2, 0) is 0 Å². The Kier molecular flexibility index (Phi) is 5.98. The molecular weight excluding hydrogens is 340 g/mol. The second-order valence-corrected chi connectivity index (χ2v) is 12.6. The van der Waals surface area contributed by atoms with Crippen molar-refractivity contribution in [2.24, 2.45) is 52.3 Å². The van der Waals surface area contributed by atoms with Gasteiger partial charge in [-0.05, 0) is 110 Å². The van der Waals surface area contributed by atoms with Crippen LogP contribution in [0.5, 0.6) is 0 Å². The van der Waals surface area contributed by atoms with Crippen molar-refractivity contribution in [3.63, 3.8) is 0 Å². The molecule has 0 aromatic heterocycles. The van der Waals surface area contributed by atoms with Gasteiger partial charge in [0.25, 0.3) is 0 Å². The molecule has 0 heterocycles. The Morgan fingerprint density at radius 1 is 0.821 bits per heavy atom. The van der Waals surface area contributed by atoms with E-state index in [4.69, 9.17) is 0 Å². The molecule has 1 N–H and O–H groups in total. The first-order valence-corrected chi connectivity index (χ1v) is 12.9. The van der Waals surface area contributed by atoms with E-state index in [0.29, 0.717) is 10.8 Å². The van der Waals surface area contributed by atoms with E-state index in [1.165, 1.54) is 64.2 Å². The SMILES string of the molecule is CC(C)CCCC(C)[C@H]1CC[C@H]2[C@@H]3CC[C@H]4CC(O)CC[C@]4(C)[C@H]3CC[C@]12C. The fourth-order valence-corrected chi connectivity index (χ4v) is 9.26. The minimum absolute atomic E-state index is 0.00830. The van der Waals surface area contributed by atoms with Crippen molar-refractivity contribution in [2.45, 2.75) is 118 Å². The molecule has 0 aromatic carbocycles. The van der Waals surface area contributed by atoms with Gasteiger partial charge in [0.1, 0.15) is 0 Å². The summed E-state index contributed by atoms with van der Waals surface area (Å²) < 4.78 is 0. The molecule has 0 aromatic rings. The summed E-state index contributed by atoms with van der Waals surface area (Å²) in [6.07, 6.45) is 16.6. The summed E-state index contributed by atoms with van der Waals surface area (Å²) in [4.78, 5) is 0. The minimum Gasteiger partial charge on any atom is -0.393 e.